The molecule has 3 nitrogen and oxygen atoms in total. The van der Waals surface area contributed by atoms with Crippen LogP contribution >= 0.6 is 11.6 Å². The number of methoxy groups -OCH3 is 1. The van der Waals surface area contributed by atoms with E-state index in [-0.39, 0.29) is 17.0 Å². The lowest BCUT2D eigenvalue weighted by molar-refractivity contribution is -0.0113. The third-order valence-electron chi connectivity index (χ3n) is 4.47. The van der Waals surface area contributed by atoms with Gasteiger partial charge in [0.1, 0.15) is 5.82 Å². The molecule has 2 bridgehead atoms. The van der Waals surface area contributed by atoms with Crippen LogP contribution in [0.25, 0.3) is 0 Å². The molecule has 1 saturated heterocycles. The first-order valence-corrected chi connectivity index (χ1v) is 7.25. The maximum absolute atomic E-state index is 13.1. The van der Waals surface area contributed by atoms with E-state index in [2.05, 4.69) is 0 Å². The number of halogens is 2. The molecule has 3 rings (SSSR count). The second-order valence-electron chi connectivity index (χ2n) is 5.63. The minimum absolute atomic E-state index is 0.110. The summed E-state index contributed by atoms with van der Waals surface area (Å²) >= 11 is 5.98. The molecule has 0 radical (unpaired) electrons. The van der Waals surface area contributed by atoms with Crippen LogP contribution in [0.3, 0.4) is 0 Å². The highest BCUT2D eigenvalue weighted by Gasteiger charge is 2.43. The van der Waals surface area contributed by atoms with Gasteiger partial charge in [-0.15, -0.1) is 0 Å². The average Bonchev–Trinajstić information content (AvgIpc) is 2.66. The lowest BCUT2D eigenvalue weighted by Gasteiger charge is -2.37. The fourth-order valence-corrected chi connectivity index (χ4v) is 3.80. The molecule has 108 valence electrons. The van der Waals surface area contributed by atoms with E-state index in [0.717, 1.165) is 12.8 Å². The van der Waals surface area contributed by atoms with Crippen molar-refractivity contribution < 1.29 is 13.9 Å². The molecular formula is C15H17ClFNO2. The predicted molar refractivity (Wildman–Crippen MR) is 74.3 cm³/mol. The number of hydrogen-bond acceptors (Lipinski definition) is 2. The Bertz CT molecular complexity index is 523. The fourth-order valence-electron chi connectivity index (χ4n) is 3.56. The molecule has 2 aliphatic rings. The zero-order valence-corrected chi connectivity index (χ0v) is 12.1. The summed E-state index contributed by atoms with van der Waals surface area (Å²) < 4.78 is 18.6. The van der Waals surface area contributed by atoms with Crippen LogP contribution in [0.2, 0.25) is 5.02 Å². The number of benzene rings is 1. The molecule has 20 heavy (non-hydrogen) atoms. The normalized spacial score (nSPS) is 28.8. The second kappa shape index (κ2) is 5.34. The first-order valence-electron chi connectivity index (χ1n) is 6.87. The Morgan fingerprint density at radius 3 is 2.55 bits per heavy atom. The van der Waals surface area contributed by atoms with Gasteiger partial charge in [0.05, 0.1) is 16.7 Å². The van der Waals surface area contributed by atoms with E-state index in [1.165, 1.54) is 18.2 Å². The van der Waals surface area contributed by atoms with Gasteiger partial charge in [-0.25, -0.2) is 4.39 Å². The maximum atomic E-state index is 13.1. The minimum atomic E-state index is -0.426. The van der Waals surface area contributed by atoms with E-state index >= 15 is 0 Å². The van der Waals surface area contributed by atoms with Crippen LogP contribution in [0.1, 0.15) is 23.2 Å². The third-order valence-corrected chi connectivity index (χ3v) is 4.78. The van der Waals surface area contributed by atoms with E-state index in [0.29, 0.717) is 30.5 Å². The van der Waals surface area contributed by atoms with Crippen LogP contribution in [0, 0.1) is 17.7 Å². The number of ether oxygens (including phenoxy) is 1. The topological polar surface area (TPSA) is 29.5 Å². The Hall–Kier alpha value is -1.13. The minimum Gasteiger partial charge on any atom is -0.381 e. The predicted octanol–water partition coefficient (Wildman–Crippen LogP) is 2.98. The number of carbonyl (C=O) groups excluding carboxylic acids is 1. The van der Waals surface area contributed by atoms with Gasteiger partial charge in [-0.2, -0.15) is 0 Å². The van der Waals surface area contributed by atoms with Gasteiger partial charge in [-0.3, -0.25) is 4.79 Å². The van der Waals surface area contributed by atoms with Crippen molar-refractivity contribution in [1.29, 1.82) is 0 Å². The smallest absolute Gasteiger partial charge is 0.255 e. The number of piperidine rings is 1. The van der Waals surface area contributed by atoms with Crippen LogP contribution in [0.4, 0.5) is 4.39 Å². The lowest BCUT2D eigenvalue weighted by Crippen LogP contribution is -2.48. The van der Waals surface area contributed by atoms with Crippen molar-refractivity contribution in [3.63, 3.8) is 0 Å². The van der Waals surface area contributed by atoms with Crippen molar-refractivity contribution in [2.45, 2.75) is 18.9 Å². The molecule has 1 saturated carbocycles. The second-order valence-corrected chi connectivity index (χ2v) is 6.04. The molecule has 0 spiro atoms. The molecule has 5 heteroatoms. The first kappa shape index (κ1) is 13.8. The Morgan fingerprint density at radius 1 is 1.35 bits per heavy atom. The van der Waals surface area contributed by atoms with Crippen molar-refractivity contribution in [3.05, 3.63) is 34.6 Å². The van der Waals surface area contributed by atoms with Gasteiger partial charge in [-0.05, 0) is 31.0 Å². The van der Waals surface area contributed by atoms with Gasteiger partial charge in [0.25, 0.3) is 5.91 Å². The largest absolute Gasteiger partial charge is 0.381 e. The molecule has 1 aliphatic heterocycles. The van der Waals surface area contributed by atoms with Crippen molar-refractivity contribution in [3.8, 4) is 0 Å². The highest BCUT2D eigenvalue weighted by Crippen LogP contribution is 2.39. The van der Waals surface area contributed by atoms with Crippen LogP contribution in [-0.4, -0.2) is 37.1 Å². The molecule has 2 unspecified atom stereocenters. The van der Waals surface area contributed by atoms with Crippen LogP contribution in [0.5, 0.6) is 0 Å². The molecule has 0 aromatic heterocycles. The number of carbonyl (C=O) groups is 1. The van der Waals surface area contributed by atoms with Crippen LogP contribution < -0.4 is 0 Å². The maximum Gasteiger partial charge on any atom is 0.255 e. The standard InChI is InChI=1S/C15H17ClFNO2/c1-20-14-9-2-3-10(14)8-18(7-9)15(19)12-5-4-11(17)6-13(12)16/h4-6,9-10,14H,2-3,7-8H2,1H3. The quantitative estimate of drug-likeness (QED) is 0.840. The van der Waals surface area contributed by atoms with Crippen LogP contribution in [-0.2, 0) is 4.74 Å². The number of rotatable bonds is 2. The van der Waals surface area contributed by atoms with E-state index in [4.69, 9.17) is 16.3 Å². The van der Waals surface area contributed by atoms with Gasteiger partial charge >= 0.3 is 0 Å². The summed E-state index contributed by atoms with van der Waals surface area (Å²) in [7, 11) is 1.74. The SMILES string of the molecule is COC1C2CCC1CN(C(=O)c1ccc(F)cc1Cl)C2. The van der Waals surface area contributed by atoms with Gasteiger partial charge in [0.2, 0.25) is 0 Å². The molecule has 1 aromatic carbocycles. The number of hydrogen-bond donors (Lipinski definition) is 0. The number of likely N-dealkylation sites (tertiary alicyclic amines) is 1. The monoisotopic (exact) mass is 297 g/mol. The van der Waals surface area contributed by atoms with Gasteiger partial charge in [0.15, 0.2) is 0 Å². The number of amides is 1. The van der Waals surface area contributed by atoms with Crippen molar-refractivity contribution in [1.82, 2.24) is 4.90 Å². The van der Waals surface area contributed by atoms with Crippen molar-refractivity contribution >= 4 is 17.5 Å². The Balaban J connectivity index is 1.79. The first-order chi connectivity index (χ1) is 9.60. The Morgan fingerprint density at radius 2 is 2.00 bits per heavy atom. The molecule has 2 fully saturated rings. The highest BCUT2D eigenvalue weighted by atomic mass is 35.5. The molecule has 1 aliphatic carbocycles. The van der Waals surface area contributed by atoms with Gasteiger partial charge in [-0.1, -0.05) is 11.6 Å². The van der Waals surface area contributed by atoms with E-state index in [1.54, 1.807) is 7.11 Å². The Kier molecular flexibility index (Phi) is 3.69. The highest BCUT2D eigenvalue weighted by molar-refractivity contribution is 6.33. The molecule has 1 heterocycles. The van der Waals surface area contributed by atoms with Crippen molar-refractivity contribution in [2.24, 2.45) is 11.8 Å². The molecule has 1 aromatic rings. The fraction of sp³-hybridized carbons (Fsp3) is 0.533. The summed E-state index contributed by atoms with van der Waals surface area (Å²) in [5, 5.41) is 0.177. The molecule has 2 atom stereocenters. The van der Waals surface area contributed by atoms with E-state index in [1.807, 2.05) is 4.90 Å². The van der Waals surface area contributed by atoms with E-state index in [9.17, 15) is 9.18 Å². The summed E-state index contributed by atoms with van der Waals surface area (Å²) in [5.74, 6) is 0.273. The zero-order valence-electron chi connectivity index (χ0n) is 11.3. The van der Waals surface area contributed by atoms with Gasteiger partial charge < -0.3 is 9.64 Å². The van der Waals surface area contributed by atoms with Crippen molar-refractivity contribution in [2.75, 3.05) is 20.2 Å². The van der Waals surface area contributed by atoms with E-state index < -0.39 is 5.82 Å². The number of fused-ring (bicyclic) bond motifs is 2. The molecule has 0 N–H and O–H groups in total. The Labute approximate surface area is 122 Å². The summed E-state index contributed by atoms with van der Waals surface area (Å²) in [6.07, 6.45) is 2.47. The number of nitrogens with zero attached hydrogens (tertiary/aromatic N) is 1. The van der Waals surface area contributed by atoms with Gasteiger partial charge in [0, 0.05) is 32.0 Å². The summed E-state index contributed by atoms with van der Waals surface area (Å²) in [6.45, 7) is 1.39. The molecule has 1 amide bonds. The molecular weight excluding hydrogens is 281 g/mol. The summed E-state index contributed by atoms with van der Waals surface area (Å²) in [5.41, 5.74) is 0.378. The lowest BCUT2D eigenvalue weighted by atomic mass is 9.94. The summed E-state index contributed by atoms with van der Waals surface area (Å²) in [4.78, 5) is 14.4. The zero-order chi connectivity index (χ0) is 14.3. The third kappa shape index (κ3) is 2.31. The average molecular weight is 298 g/mol. The van der Waals surface area contributed by atoms with Crippen LogP contribution in [0.15, 0.2) is 18.2 Å². The summed E-state index contributed by atoms with van der Waals surface area (Å²) in [6, 6.07) is 3.92.